The van der Waals surface area contributed by atoms with Crippen molar-refractivity contribution in [2.24, 2.45) is 10.1 Å². The van der Waals surface area contributed by atoms with Crippen LogP contribution in [0.5, 0.6) is 23.0 Å². The summed E-state index contributed by atoms with van der Waals surface area (Å²) in [6, 6.07) is 11.9. The lowest BCUT2D eigenvalue weighted by Gasteiger charge is -2.20. The molecular formula is C23H19F3N4O5S. The third kappa shape index (κ3) is 5.46. The number of amidine groups is 2. The van der Waals surface area contributed by atoms with Crippen molar-refractivity contribution in [2.75, 3.05) is 27.4 Å². The fourth-order valence-corrected chi connectivity index (χ4v) is 3.93. The van der Waals surface area contributed by atoms with Gasteiger partial charge in [0.05, 0.1) is 19.8 Å². The van der Waals surface area contributed by atoms with Gasteiger partial charge in [0.1, 0.15) is 24.7 Å². The van der Waals surface area contributed by atoms with E-state index in [2.05, 4.69) is 10.1 Å². The molecule has 0 atom stereocenters. The van der Waals surface area contributed by atoms with Crippen molar-refractivity contribution in [3.8, 4) is 23.0 Å². The van der Waals surface area contributed by atoms with E-state index in [0.29, 0.717) is 33.6 Å². The monoisotopic (exact) mass is 520 g/mol. The second kappa shape index (κ2) is 10.3. The van der Waals surface area contributed by atoms with Crippen LogP contribution >= 0.6 is 11.8 Å². The molecular weight excluding hydrogens is 501 g/mol. The Morgan fingerprint density at radius 3 is 2.50 bits per heavy atom. The Morgan fingerprint density at radius 1 is 1.03 bits per heavy atom. The van der Waals surface area contributed by atoms with Crippen LogP contribution in [-0.4, -0.2) is 60.6 Å². The molecule has 2 aliphatic heterocycles. The first-order valence-electron chi connectivity index (χ1n) is 10.3. The van der Waals surface area contributed by atoms with Gasteiger partial charge >= 0.3 is 6.18 Å². The number of nitrogens with one attached hydrogen (secondary N) is 1. The van der Waals surface area contributed by atoms with E-state index >= 15 is 0 Å². The Balaban J connectivity index is 1.44. The van der Waals surface area contributed by atoms with Crippen LogP contribution in [0.1, 0.15) is 5.56 Å². The molecule has 36 heavy (non-hydrogen) atoms. The minimum Gasteiger partial charge on any atom is -0.497 e. The lowest BCUT2D eigenvalue weighted by atomic mass is 10.1. The minimum atomic E-state index is -4.71. The van der Waals surface area contributed by atoms with E-state index in [0.717, 1.165) is 0 Å². The summed E-state index contributed by atoms with van der Waals surface area (Å²) >= 11 is 0.194. The van der Waals surface area contributed by atoms with Crippen molar-refractivity contribution in [3.63, 3.8) is 0 Å². The summed E-state index contributed by atoms with van der Waals surface area (Å²) in [6.45, 7) is 0.462. The first-order chi connectivity index (χ1) is 17.2. The number of hydrogen-bond donors (Lipinski definition) is 1. The van der Waals surface area contributed by atoms with Gasteiger partial charge in [-0.05, 0) is 47.7 Å². The van der Waals surface area contributed by atoms with Crippen molar-refractivity contribution < 1.29 is 36.9 Å². The normalized spacial score (nSPS) is 16.5. The van der Waals surface area contributed by atoms with Gasteiger partial charge in [-0.2, -0.15) is 28.3 Å². The van der Waals surface area contributed by atoms with E-state index in [4.69, 9.17) is 24.4 Å². The molecule has 2 aromatic rings. The van der Waals surface area contributed by atoms with Crippen LogP contribution in [0.4, 0.5) is 13.2 Å². The highest BCUT2D eigenvalue weighted by atomic mass is 32.2. The Kier molecular flexibility index (Phi) is 7.20. The summed E-state index contributed by atoms with van der Waals surface area (Å²) in [5.74, 6) is 0.702. The first kappa shape index (κ1) is 25.1. The molecule has 0 unspecified atom stereocenters. The maximum absolute atomic E-state index is 13.0. The van der Waals surface area contributed by atoms with E-state index in [1.165, 1.54) is 13.2 Å². The van der Waals surface area contributed by atoms with Gasteiger partial charge in [-0.1, -0.05) is 12.1 Å². The number of fused-ring (bicyclic) bond motifs is 1. The van der Waals surface area contributed by atoms with Crippen LogP contribution in [0, 0.1) is 5.41 Å². The number of halogens is 3. The topological polar surface area (TPSA) is 106 Å². The van der Waals surface area contributed by atoms with Crippen LogP contribution in [0.2, 0.25) is 0 Å². The molecule has 1 N–H and O–H groups in total. The molecule has 0 saturated heterocycles. The molecule has 4 rings (SSSR count). The molecule has 0 fully saturated rings. The van der Waals surface area contributed by atoms with E-state index in [1.54, 1.807) is 49.6 Å². The zero-order chi connectivity index (χ0) is 25.9. The van der Waals surface area contributed by atoms with E-state index < -0.39 is 23.0 Å². The second-order valence-corrected chi connectivity index (χ2v) is 8.17. The van der Waals surface area contributed by atoms with Gasteiger partial charge in [-0.15, -0.1) is 0 Å². The minimum absolute atomic E-state index is 0.194. The summed E-state index contributed by atoms with van der Waals surface area (Å²) in [6.07, 6.45) is -3.38. The third-order valence-electron chi connectivity index (χ3n) is 4.85. The lowest BCUT2D eigenvalue weighted by molar-refractivity contribution is -0.114. The Labute approximate surface area is 207 Å². The predicted molar refractivity (Wildman–Crippen MR) is 128 cm³/mol. The van der Waals surface area contributed by atoms with Crippen molar-refractivity contribution >= 4 is 39.8 Å². The molecule has 0 radical (unpaired) electrons. The van der Waals surface area contributed by atoms with Gasteiger partial charge in [0.25, 0.3) is 5.91 Å². The number of carbonyl (C=O) groups is 1. The SMILES string of the molecule is COc1cccc(OCCOc2ccc(/C=C3\C(=N)N4N=C(C(F)(F)F)SC4=NC3=O)cc2OC)c1. The number of hydrazone groups is 1. The number of hydrogen-bond acceptors (Lipinski definition) is 8. The Hall–Kier alpha value is -4.00. The van der Waals surface area contributed by atoms with Crippen molar-refractivity contribution in [1.29, 1.82) is 5.41 Å². The van der Waals surface area contributed by atoms with Crippen LogP contribution in [-0.2, 0) is 4.79 Å². The van der Waals surface area contributed by atoms with Gasteiger partial charge in [-0.25, -0.2) is 0 Å². The molecule has 0 aliphatic carbocycles. The zero-order valence-electron chi connectivity index (χ0n) is 19.0. The average molecular weight is 520 g/mol. The number of ether oxygens (including phenoxy) is 4. The predicted octanol–water partition coefficient (Wildman–Crippen LogP) is 4.34. The number of aliphatic imine (C=N–C) groups is 1. The van der Waals surface area contributed by atoms with Gasteiger partial charge in [0.15, 0.2) is 17.3 Å². The second-order valence-electron chi connectivity index (χ2n) is 7.21. The smallest absolute Gasteiger partial charge is 0.441 e. The summed E-state index contributed by atoms with van der Waals surface area (Å²) in [4.78, 5) is 16.1. The van der Waals surface area contributed by atoms with Crippen molar-refractivity contribution in [2.45, 2.75) is 6.18 Å². The number of alkyl halides is 3. The lowest BCUT2D eigenvalue weighted by Crippen LogP contribution is -2.35. The van der Waals surface area contributed by atoms with Crippen LogP contribution in [0.3, 0.4) is 0 Å². The number of benzene rings is 2. The number of rotatable bonds is 8. The number of thioether (sulfide) groups is 1. The van der Waals surface area contributed by atoms with Gasteiger partial charge < -0.3 is 18.9 Å². The van der Waals surface area contributed by atoms with Gasteiger partial charge in [0, 0.05) is 6.07 Å². The quantitative estimate of drug-likeness (QED) is 0.408. The van der Waals surface area contributed by atoms with Gasteiger partial charge in [-0.3, -0.25) is 10.2 Å². The Morgan fingerprint density at radius 2 is 1.78 bits per heavy atom. The molecule has 0 bridgehead atoms. The van der Waals surface area contributed by atoms with E-state index in [1.807, 2.05) is 0 Å². The molecule has 2 aliphatic rings. The van der Waals surface area contributed by atoms with Crippen LogP contribution in [0.15, 0.2) is 58.1 Å². The summed E-state index contributed by atoms with van der Waals surface area (Å²) < 4.78 is 60.8. The van der Waals surface area contributed by atoms with Crippen molar-refractivity contribution in [3.05, 3.63) is 53.6 Å². The maximum Gasteiger partial charge on any atom is 0.441 e. The van der Waals surface area contributed by atoms with Crippen LogP contribution in [0.25, 0.3) is 6.08 Å². The first-order valence-corrected chi connectivity index (χ1v) is 11.2. The molecule has 2 aromatic carbocycles. The number of amides is 1. The summed E-state index contributed by atoms with van der Waals surface area (Å²) in [7, 11) is 3.00. The molecule has 0 aromatic heterocycles. The Bertz CT molecular complexity index is 1290. The number of methoxy groups -OCH3 is 2. The number of nitrogens with zero attached hydrogens (tertiary/aromatic N) is 3. The third-order valence-corrected chi connectivity index (χ3v) is 5.80. The zero-order valence-corrected chi connectivity index (χ0v) is 19.8. The molecule has 188 valence electrons. The highest BCUT2D eigenvalue weighted by Gasteiger charge is 2.46. The average Bonchev–Trinajstić information content (AvgIpc) is 3.30. The van der Waals surface area contributed by atoms with E-state index in [9.17, 15) is 18.0 Å². The fourth-order valence-electron chi connectivity index (χ4n) is 3.17. The summed E-state index contributed by atoms with van der Waals surface area (Å²) in [5.41, 5.74) is 0.236. The maximum atomic E-state index is 13.0. The molecule has 13 heteroatoms. The van der Waals surface area contributed by atoms with Crippen molar-refractivity contribution in [1.82, 2.24) is 5.01 Å². The van der Waals surface area contributed by atoms with Gasteiger partial charge in [0.2, 0.25) is 10.2 Å². The van der Waals surface area contributed by atoms with Crippen LogP contribution < -0.4 is 18.9 Å². The van der Waals surface area contributed by atoms with E-state index in [-0.39, 0.29) is 35.7 Å². The highest BCUT2D eigenvalue weighted by Crippen LogP contribution is 2.36. The highest BCUT2D eigenvalue weighted by molar-refractivity contribution is 8.27. The standard InChI is InChI=1S/C23H19F3N4O5S/c1-32-14-4-3-5-15(12-14)34-8-9-35-17-7-6-13(11-18(17)33-2)10-16-19(27)30-22(28-20(16)31)36-21(29-30)23(24,25)26/h3-7,10-12,27H,8-9H2,1-2H3/b16-10+,27-19?. The summed E-state index contributed by atoms with van der Waals surface area (Å²) in [5, 5.41) is 10.8. The molecule has 0 spiro atoms. The largest absolute Gasteiger partial charge is 0.497 e. The molecule has 0 saturated carbocycles. The molecule has 9 nitrogen and oxygen atoms in total. The molecule has 1 amide bonds. The fraction of sp³-hybridized carbons (Fsp3) is 0.217. The molecule has 2 heterocycles. The number of carbonyl (C=O) groups excluding carboxylic acids is 1.